The van der Waals surface area contributed by atoms with Crippen molar-refractivity contribution >= 4 is 40.2 Å². The molecule has 0 radical (unpaired) electrons. The van der Waals surface area contributed by atoms with E-state index in [-0.39, 0.29) is 17.2 Å². The number of pyridine rings is 1. The number of para-hydroxylation sites is 1. The third-order valence-corrected chi connectivity index (χ3v) is 6.29. The molecule has 6 nitrogen and oxygen atoms in total. The molecule has 1 aliphatic rings. The van der Waals surface area contributed by atoms with Gasteiger partial charge in [0.25, 0.3) is 0 Å². The molecule has 0 spiro atoms. The monoisotopic (exact) mass is 435 g/mol. The van der Waals surface area contributed by atoms with Gasteiger partial charge in [0.15, 0.2) is 0 Å². The van der Waals surface area contributed by atoms with Crippen LogP contribution in [0.15, 0.2) is 60.7 Å². The minimum Gasteiger partial charge on any atom is -0.493 e. The first-order valence-corrected chi connectivity index (χ1v) is 11.4. The van der Waals surface area contributed by atoms with Crippen molar-refractivity contribution in [2.24, 2.45) is 0 Å². The Balaban J connectivity index is 1.38. The number of rotatable bonds is 7. The molecule has 1 fully saturated rings. The highest BCUT2D eigenvalue weighted by atomic mass is 32.2. The number of carbonyl (C=O) groups is 2. The fourth-order valence-electron chi connectivity index (χ4n) is 3.62. The van der Waals surface area contributed by atoms with E-state index >= 15 is 0 Å². The zero-order chi connectivity index (χ0) is 21.6. The molecule has 1 aromatic heterocycles. The van der Waals surface area contributed by atoms with Gasteiger partial charge < -0.3 is 15.0 Å². The molecular weight excluding hydrogens is 410 g/mol. The minimum absolute atomic E-state index is 0.0750. The lowest BCUT2D eigenvalue weighted by Crippen LogP contribution is -2.38. The average molecular weight is 436 g/mol. The number of nitrogens with one attached hydrogen (secondary N) is 1. The Bertz CT molecular complexity index is 1090. The summed E-state index contributed by atoms with van der Waals surface area (Å²) in [6.07, 6.45) is 1.26. The van der Waals surface area contributed by atoms with E-state index in [0.29, 0.717) is 37.4 Å². The first-order chi connectivity index (χ1) is 15.1. The van der Waals surface area contributed by atoms with Gasteiger partial charge in [0.05, 0.1) is 17.8 Å². The number of hydrogen-bond acceptors (Lipinski definition) is 5. The molecule has 1 atom stereocenters. The summed E-state index contributed by atoms with van der Waals surface area (Å²) in [6.45, 7) is 2.56. The van der Waals surface area contributed by atoms with E-state index in [1.807, 2.05) is 53.4 Å². The number of fused-ring (bicyclic) bond motifs is 1. The smallest absolute Gasteiger partial charge is 0.224 e. The molecule has 1 aliphatic heterocycles. The van der Waals surface area contributed by atoms with Crippen molar-refractivity contribution in [2.75, 3.05) is 24.2 Å². The van der Waals surface area contributed by atoms with Gasteiger partial charge in [0.2, 0.25) is 11.8 Å². The molecule has 0 bridgehead atoms. The van der Waals surface area contributed by atoms with Crippen molar-refractivity contribution in [3.63, 3.8) is 0 Å². The fraction of sp³-hybridized carbons (Fsp3) is 0.292. The number of hydrogen-bond donors (Lipinski definition) is 1. The number of aromatic nitrogens is 1. The summed E-state index contributed by atoms with van der Waals surface area (Å²) in [6, 6.07) is 19.4. The number of ether oxygens (including phenoxy) is 1. The highest BCUT2D eigenvalue weighted by molar-refractivity contribution is 7.99. The SMILES string of the molecule is CC(=O)Nc1cccc(OCCCN2C(=O)CCSC2c2ccc3ccccc3n2)c1. The Morgan fingerprint density at radius 1 is 1.19 bits per heavy atom. The molecule has 0 saturated carbocycles. The van der Waals surface area contributed by atoms with Gasteiger partial charge in [-0.15, -0.1) is 11.8 Å². The standard InChI is InChI=1S/C24H25N3O3S/c1-17(28)25-19-7-4-8-20(16-19)30-14-5-13-27-23(29)12-15-31-24(27)22-11-10-18-6-2-3-9-21(18)26-22/h2-4,6-11,16,24H,5,12-15H2,1H3,(H,25,28). The summed E-state index contributed by atoms with van der Waals surface area (Å²) in [5.41, 5.74) is 2.57. The Labute approximate surface area is 186 Å². The number of benzene rings is 2. The lowest BCUT2D eigenvalue weighted by molar-refractivity contribution is -0.132. The highest BCUT2D eigenvalue weighted by Crippen LogP contribution is 2.37. The van der Waals surface area contributed by atoms with Crippen molar-refractivity contribution in [3.8, 4) is 5.75 Å². The van der Waals surface area contributed by atoms with Crippen molar-refractivity contribution in [1.29, 1.82) is 0 Å². The maximum Gasteiger partial charge on any atom is 0.224 e. The quantitative estimate of drug-likeness (QED) is 0.548. The molecule has 2 heterocycles. The van der Waals surface area contributed by atoms with E-state index in [4.69, 9.17) is 9.72 Å². The fourth-order valence-corrected chi connectivity index (χ4v) is 4.84. The van der Waals surface area contributed by atoms with Crippen molar-refractivity contribution in [3.05, 3.63) is 66.4 Å². The van der Waals surface area contributed by atoms with Crippen LogP contribution in [0.4, 0.5) is 5.69 Å². The van der Waals surface area contributed by atoms with Crippen LogP contribution in [0.3, 0.4) is 0 Å². The maximum atomic E-state index is 12.7. The van der Waals surface area contributed by atoms with Crippen LogP contribution in [0.2, 0.25) is 0 Å². The Morgan fingerprint density at radius 3 is 2.94 bits per heavy atom. The summed E-state index contributed by atoms with van der Waals surface area (Å²) in [4.78, 5) is 30.6. The third-order valence-electron chi connectivity index (χ3n) is 5.03. The van der Waals surface area contributed by atoms with Crippen molar-refractivity contribution in [2.45, 2.75) is 25.1 Å². The molecule has 1 saturated heterocycles. The summed E-state index contributed by atoms with van der Waals surface area (Å²) in [5.74, 6) is 1.54. The number of amides is 2. The van der Waals surface area contributed by atoms with Crippen LogP contribution < -0.4 is 10.1 Å². The maximum absolute atomic E-state index is 12.7. The third kappa shape index (κ3) is 5.35. The van der Waals surface area contributed by atoms with Gasteiger partial charge in [-0.2, -0.15) is 0 Å². The molecule has 160 valence electrons. The molecule has 4 rings (SSSR count). The molecule has 1 unspecified atom stereocenters. The molecule has 2 amide bonds. The molecule has 3 aromatic rings. The number of nitrogens with zero attached hydrogens (tertiary/aromatic N) is 2. The van der Waals surface area contributed by atoms with Crippen molar-refractivity contribution < 1.29 is 14.3 Å². The van der Waals surface area contributed by atoms with Crippen molar-refractivity contribution in [1.82, 2.24) is 9.88 Å². The second kappa shape index (κ2) is 9.83. The predicted octanol–water partition coefficient (Wildman–Crippen LogP) is 4.63. The molecule has 7 heteroatoms. The van der Waals surface area contributed by atoms with E-state index in [0.717, 1.165) is 22.3 Å². The van der Waals surface area contributed by atoms with Gasteiger partial charge in [0.1, 0.15) is 11.1 Å². The number of carbonyl (C=O) groups excluding carboxylic acids is 2. The van der Waals surface area contributed by atoms with Gasteiger partial charge in [-0.1, -0.05) is 30.3 Å². The lowest BCUT2D eigenvalue weighted by Gasteiger charge is -2.35. The van der Waals surface area contributed by atoms with Crippen LogP contribution in [0.5, 0.6) is 5.75 Å². The van der Waals surface area contributed by atoms with Gasteiger partial charge in [-0.3, -0.25) is 9.59 Å². The Hall–Kier alpha value is -3.06. The molecule has 1 N–H and O–H groups in total. The van der Waals surface area contributed by atoms with Crippen LogP contribution in [-0.2, 0) is 9.59 Å². The van der Waals surface area contributed by atoms with Crippen LogP contribution in [0.25, 0.3) is 10.9 Å². The lowest BCUT2D eigenvalue weighted by atomic mass is 10.2. The van der Waals surface area contributed by atoms with Gasteiger partial charge in [-0.05, 0) is 30.7 Å². The highest BCUT2D eigenvalue weighted by Gasteiger charge is 2.30. The summed E-state index contributed by atoms with van der Waals surface area (Å²) < 4.78 is 5.84. The van der Waals surface area contributed by atoms with Gasteiger partial charge >= 0.3 is 0 Å². The van der Waals surface area contributed by atoms with E-state index in [9.17, 15) is 9.59 Å². The zero-order valence-corrected chi connectivity index (χ0v) is 18.2. The van der Waals surface area contributed by atoms with Gasteiger partial charge in [0, 0.05) is 42.8 Å². The van der Waals surface area contributed by atoms with Gasteiger partial charge in [-0.25, -0.2) is 4.98 Å². The number of thioether (sulfide) groups is 1. The molecule has 31 heavy (non-hydrogen) atoms. The van der Waals surface area contributed by atoms with Crippen LogP contribution in [0, 0.1) is 0 Å². The van der Waals surface area contributed by atoms with E-state index in [1.54, 1.807) is 17.8 Å². The van der Waals surface area contributed by atoms with E-state index in [1.165, 1.54) is 6.92 Å². The minimum atomic E-state index is -0.119. The normalized spacial score (nSPS) is 16.4. The molecule has 2 aromatic carbocycles. The largest absolute Gasteiger partial charge is 0.493 e. The first kappa shape index (κ1) is 21.2. The van der Waals surface area contributed by atoms with E-state index in [2.05, 4.69) is 11.4 Å². The Kier molecular flexibility index (Phi) is 6.72. The van der Waals surface area contributed by atoms with E-state index < -0.39 is 0 Å². The molecule has 0 aliphatic carbocycles. The topological polar surface area (TPSA) is 71.5 Å². The Morgan fingerprint density at radius 2 is 2.06 bits per heavy atom. The summed E-state index contributed by atoms with van der Waals surface area (Å²) in [5, 5.41) is 3.77. The van der Waals surface area contributed by atoms with Crippen LogP contribution in [0.1, 0.15) is 30.8 Å². The molecular formula is C24H25N3O3S. The summed E-state index contributed by atoms with van der Waals surface area (Å²) >= 11 is 1.76. The van der Waals surface area contributed by atoms with Crippen LogP contribution in [-0.4, -0.2) is 40.6 Å². The second-order valence-corrected chi connectivity index (χ2v) is 8.59. The second-order valence-electron chi connectivity index (χ2n) is 7.40. The first-order valence-electron chi connectivity index (χ1n) is 10.4. The van der Waals surface area contributed by atoms with Crippen LogP contribution >= 0.6 is 11.8 Å². The average Bonchev–Trinajstić information content (AvgIpc) is 2.77. The zero-order valence-electron chi connectivity index (χ0n) is 17.4. The number of anilines is 1. The summed E-state index contributed by atoms with van der Waals surface area (Å²) in [7, 11) is 0. The predicted molar refractivity (Wildman–Crippen MR) is 124 cm³/mol.